The Kier molecular flexibility index (Phi) is 5.34. The Morgan fingerprint density at radius 1 is 1.40 bits per heavy atom. The normalized spacial score (nSPS) is 15.2. The van der Waals surface area contributed by atoms with Gasteiger partial charge in [-0.05, 0) is 45.4 Å². The molecule has 1 aromatic carbocycles. The molecule has 110 valence electrons. The number of carboxylic acid groups (broad SMARTS) is 1. The van der Waals surface area contributed by atoms with Crippen LogP contribution >= 0.6 is 0 Å². The number of carboxylic acids is 1. The first kappa shape index (κ1) is 16.2. The van der Waals surface area contributed by atoms with E-state index in [9.17, 15) is 9.90 Å². The van der Waals surface area contributed by atoms with Crippen molar-refractivity contribution in [2.45, 2.75) is 39.4 Å². The second kappa shape index (κ2) is 6.57. The van der Waals surface area contributed by atoms with Crippen LogP contribution in [0.25, 0.3) is 5.57 Å². The Hall–Kier alpha value is -1.81. The van der Waals surface area contributed by atoms with Crippen molar-refractivity contribution in [3.05, 3.63) is 36.4 Å². The maximum atomic E-state index is 11.5. The van der Waals surface area contributed by atoms with Crippen molar-refractivity contribution < 1.29 is 19.4 Å². The molecule has 4 nitrogen and oxygen atoms in total. The zero-order chi connectivity index (χ0) is 15.3. The van der Waals surface area contributed by atoms with Gasteiger partial charge < -0.3 is 14.6 Å². The van der Waals surface area contributed by atoms with Crippen molar-refractivity contribution in [1.82, 2.24) is 0 Å². The van der Waals surface area contributed by atoms with Crippen LogP contribution in [0.2, 0.25) is 0 Å². The van der Waals surface area contributed by atoms with Crippen molar-refractivity contribution in [2.24, 2.45) is 0 Å². The first-order chi connectivity index (χ1) is 9.31. The van der Waals surface area contributed by atoms with Crippen molar-refractivity contribution in [2.75, 3.05) is 6.61 Å². The zero-order valence-corrected chi connectivity index (χ0v) is 12.5. The van der Waals surface area contributed by atoms with Crippen LogP contribution in [0.15, 0.2) is 30.8 Å². The van der Waals surface area contributed by atoms with Gasteiger partial charge in [-0.25, -0.2) is 4.79 Å². The van der Waals surface area contributed by atoms with Crippen molar-refractivity contribution in [3.63, 3.8) is 0 Å². The number of rotatable bonds is 7. The maximum absolute atomic E-state index is 11.5. The summed E-state index contributed by atoms with van der Waals surface area (Å²) in [4.78, 5) is 11.5. The van der Waals surface area contributed by atoms with Gasteiger partial charge in [0.25, 0.3) is 0 Å². The van der Waals surface area contributed by atoms with E-state index in [-0.39, 0.29) is 0 Å². The van der Waals surface area contributed by atoms with Crippen LogP contribution in [-0.2, 0) is 9.53 Å². The van der Waals surface area contributed by atoms with Gasteiger partial charge >= 0.3 is 5.97 Å². The molecule has 0 aliphatic rings. The van der Waals surface area contributed by atoms with Crippen LogP contribution in [-0.4, -0.2) is 29.4 Å². The summed E-state index contributed by atoms with van der Waals surface area (Å²) in [5.41, 5.74) is 0.508. The molecule has 1 rings (SSSR count). The van der Waals surface area contributed by atoms with Gasteiger partial charge in [-0.2, -0.15) is 0 Å². The van der Waals surface area contributed by atoms with Gasteiger partial charge in [0.1, 0.15) is 11.9 Å². The number of benzene rings is 1. The summed E-state index contributed by atoms with van der Waals surface area (Å²) in [6.45, 7) is 11.2. The molecule has 20 heavy (non-hydrogen) atoms. The van der Waals surface area contributed by atoms with E-state index in [0.717, 1.165) is 11.1 Å². The number of ether oxygens (including phenoxy) is 2. The number of allylic oxidation sites excluding steroid dienone is 1. The quantitative estimate of drug-likeness (QED) is 0.831. The molecule has 4 heteroatoms. The summed E-state index contributed by atoms with van der Waals surface area (Å²) < 4.78 is 11.0. The average molecular weight is 278 g/mol. The highest BCUT2D eigenvalue weighted by Gasteiger charge is 2.42. The van der Waals surface area contributed by atoms with Gasteiger partial charge in [0, 0.05) is 6.61 Å². The minimum atomic E-state index is -1.43. The highest BCUT2D eigenvalue weighted by molar-refractivity contribution is 5.78. The third-order valence-electron chi connectivity index (χ3n) is 3.29. The Morgan fingerprint density at radius 2 is 1.95 bits per heavy atom. The second-order valence-corrected chi connectivity index (χ2v) is 4.92. The van der Waals surface area contributed by atoms with Gasteiger partial charge in [-0.1, -0.05) is 24.3 Å². The van der Waals surface area contributed by atoms with Gasteiger partial charge in [0.05, 0.1) is 0 Å². The predicted octanol–water partition coefficient (Wildman–Crippen LogP) is 3.37. The number of hydrogen-bond donors (Lipinski definition) is 1. The second-order valence-electron chi connectivity index (χ2n) is 4.92. The number of carbonyl (C=O) groups is 1. The third-order valence-corrected chi connectivity index (χ3v) is 3.29. The van der Waals surface area contributed by atoms with Gasteiger partial charge in [-0.15, -0.1) is 0 Å². The number of hydrogen-bond acceptors (Lipinski definition) is 3. The van der Waals surface area contributed by atoms with E-state index in [1.165, 1.54) is 6.92 Å². The zero-order valence-electron chi connectivity index (χ0n) is 12.5. The molecule has 1 aromatic rings. The summed E-state index contributed by atoms with van der Waals surface area (Å²) in [5, 5.41) is 9.41. The van der Waals surface area contributed by atoms with E-state index >= 15 is 0 Å². The maximum Gasteiger partial charge on any atom is 0.350 e. The summed E-state index contributed by atoms with van der Waals surface area (Å²) in [6.07, 6.45) is -0.564. The molecule has 0 amide bonds. The molecular weight excluding hydrogens is 256 g/mol. The molecule has 0 heterocycles. The van der Waals surface area contributed by atoms with E-state index in [4.69, 9.17) is 9.47 Å². The van der Waals surface area contributed by atoms with Gasteiger partial charge in [0.2, 0.25) is 5.60 Å². The highest BCUT2D eigenvalue weighted by atomic mass is 16.6. The monoisotopic (exact) mass is 278 g/mol. The standard InChI is InChI=1S/C16H22O4/c1-6-19-12(4)16(5,15(17)18)20-14-9-7-13(8-10-14)11(2)3/h7-10,12H,2,6H2,1,3-5H3,(H,17,18). The van der Waals surface area contributed by atoms with Crippen molar-refractivity contribution in [1.29, 1.82) is 0 Å². The van der Waals surface area contributed by atoms with Crippen LogP contribution in [0.3, 0.4) is 0 Å². The summed E-state index contributed by atoms with van der Waals surface area (Å²) >= 11 is 0. The molecule has 0 radical (unpaired) electrons. The van der Waals surface area contributed by atoms with Crippen molar-refractivity contribution >= 4 is 11.5 Å². The molecule has 0 spiro atoms. The molecule has 0 aliphatic heterocycles. The van der Waals surface area contributed by atoms with Gasteiger partial charge in [-0.3, -0.25) is 0 Å². The molecular formula is C16H22O4. The van der Waals surface area contributed by atoms with E-state index < -0.39 is 17.7 Å². The largest absolute Gasteiger partial charge is 0.478 e. The lowest BCUT2D eigenvalue weighted by molar-refractivity contribution is -0.166. The summed E-state index contributed by atoms with van der Waals surface area (Å²) in [5.74, 6) is -0.561. The Balaban J connectivity index is 2.96. The fourth-order valence-electron chi connectivity index (χ4n) is 1.76. The SMILES string of the molecule is C=C(C)c1ccc(OC(C)(C(=O)O)C(C)OCC)cc1. The van der Waals surface area contributed by atoms with Crippen LogP contribution in [0.4, 0.5) is 0 Å². The molecule has 0 bridgehead atoms. The number of aliphatic carboxylic acids is 1. The van der Waals surface area contributed by atoms with E-state index in [2.05, 4.69) is 6.58 Å². The third kappa shape index (κ3) is 3.61. The van der Waals surface area contributed by atoms with Crippen molar-refractivity contribution in [3.8, 4) is 5.75 Å². The molecule has 1 N–H and O–H groups in total. The van der Waals surface area contributed by atoms with Crippen LogP contribution in [0.1, 0.15) is 33.3 Å². The summed E-state index contributed by atoms with van der Waals surface area (Å²) in [7, 11) is 0. The molecule has 0 aromatic heterocycles. The van der Waals surface area contributed by atoms with Gasteiger partial charge in [0.15, 0.2) is 0 Å². The molecule has 2 unspecified atom stereocenters. The minimum Gasteiger partial charge on any atom is -0.478 e. The predicted molar refractivity (Wildman–Crippen MR) is 78.9 cm³/mol. The smallest absolute Gasteiger partial charge is 0.350 e. The van der Waals surface area contributed by atoms with Crippen LogP contribution < -0.4 is 4.74 Å². The Morgan fingerprint density at radius 3 is 2.35 bits per heavy atom. The Labute approximate surface area is 120 Å². The van der Waals surface area contributed by atoms with E-state index in [0.29, 0.717) is 12.4 Å². The fourth-order valence-corrected chi connectivity index (χ4v) is 1.76. The molecule has 0 saturated carbocycles. The lowest BCUT2D eigenvalue weighted by Crippen LogP contribution is -2.51. The molecule has 0 aliphatic carbocycles. The molecule has 2 atom stereocenters. The average Bonchev–Trinajstić information content (AvgIpc) is 2.39. The van der Waals surface area contributed by atoms with E-state index in [1.807, 2.05) is 26.0 Å². The lowest BCUT2D eigenvalue weighted by atomic mass is 10.00. The fraction of sp³-hybridized carbons (Fsp3) is 0.438. The first-order valence-corrected chi connectivity index (χ1v) is 6.61. The lowest BCUT2D eigenvalue weighted by Gasteiger charge is -2.31. The van der Waals surface area contributed by atoms with Crippen LogP contribution in [0, 0.1) is 0 Å². The Bertz CT molecular complexity index is 478. The minimum absolute atomic E-state index is 0.433. The first-order valence-electron chi connectivity index (χ1n) is 6.61. The summed E-state index contributed by atoms with van der Waals surface area (Å²) in [6, 6.07) is 7.18. The molecule has 0 saturated heterocycles. The topological polar surface area (TPSA) is 55.8 Å². The van der Waals surface area contributed by atoms with Crippen LogP contribution in [0.5, 0.6) is 5.75 Å². The molecule has 0 fully saturated rings. The highest BCUT2D eigenvalue weighted by Crippen LogP contribution is 2.25. The van der Waals surface area contributed by atoms with E-state index in [1.54, 1.807) is 19.1 Å².